The molecule has 0 radical (unpaired) electrons. The van der Waals surface area contributed by atoms with E-state index in [9.17, 15) is 19.7 Å². The fourth-order valence-electron chi connectivity index (χ4n) is 1.49. The first-order valence-electron chi connectivity index (χ1n) is 7.64. The Morgan fingerprint density at radius 3 is 2.12 bits per heavy atom. The van der Waals surface area contributed by atoms with Crippen molar-refractivity contribution in [3.63, 3.8) is 0 Å². The molecule has 0 saturated heterocycles. The van der Waals surface area contributed by atoms with Crippen molar-refractivity contribution in [2.24, 2.45) is 10.8 Å². The van der Waals surface area contributed by atoms with E-state index in [1.807, 2.05) is 0 Å². The van der Waals surface area contributed by atoms with Gasteiger partial charge in [0.1, 0.15) is 12.4 Å². The summed E-state index contributed by atoms with van der Waals surface area (Å²) < 4.78 is 0. The Bertz CT molecular complexity index is 466. The number of nitrogens with zero attached hydrogens (tertiary/aromatic N) is 1. The van der Waals surface area contributed by atoms with Crippen LogP contribution >= 0.6 is 12.2 Å². The lowest BCUT2D eigenvalue weighted by Crippen LogP contribution is -2.51. The molecule has 0 aromatic heterocycles. The van der Waals surface area contributed by atoms with Crippen LogP contribution in [0.3, 0.4) is 0 Å². The molecule has 9 heteroatoms. The van der Waals surface area contributed by atoms with Crippen molar-refractivity contribution in [1.29, 1.82) is 0 Å². The van der Waals surface area contributed by atoms with Crippen LogP contribution in [0.1, 0.15) is 48.0 Å². The molecule has 2 N–H and O–H groups in total. The predicted molar refractivity (Wildman–Crippen MR) is 94.0 cm³/mol. The van der Waals surface area contributed by atoms with Crippen LogP contribution in [-0.4, -0.2) is 41.0 Å². The molecular formula is C15H27N3O5S. The highest BCUT2D eigenvalue weighted by Crippen LogP contribution is 2.19. The quantitative estimate of drug-likeness (QED) is 0.293. The normalized spacial score (nSPS) is 12.9. The van der Waals surface area contributed by atoms with E-state index in [0.29, 0.717) is 0 Å². The van der Waals surface area contributed by atoms with E-state index in [1.165, 1.54) is 0 Å². The Hall–Kier alpha value is -1.77. The van der Waals surface area contributed by atoms with Gasteiger partial charge in [-0.1, -0.05) is 53.8 Å². The molecule has 138 valence electrons. The molecule has 0 saturated carbocycles. The summed E-state index contributed by atoms with van der Waals surface area (Å²) in [6.07, 6.45) is 0.0489. The molecule has 1 amide bonds. The van der Waals surface area contributed by atoms with E-state index < -0.39 is 22.0 Å². The van der Waals surface area contributed by atoms with Crippen molar-refractivity contribution in [3.05, 3.63) is 10.1 Å². The van der Waals surface area contributed by atoms with Crippen LogP contribution in [0.4, 0.5) is 0 Å². The van der Waals surface area contributed by atoms with Gasteiger partial charge >= 0.3 is 0 Å². The second kappa shape index (κ2) is 8.91. The van der Waals surface area contributed by atoms with Gasteiger partial charge in [0.15, 0.2) is 0 Å². The van der Waals surface area contributed by atoms with Gasteiger partial charge in [0, 0.05) is 23.8 Å². The second-order valence-corrected chi connectivity index (χ2v) is 7.94. The molecule has 0 bridgehead atoms. The number of nitrogens with one attached hydrogen (secondary N) is 2. The van der Waals surface area contributed by atoms with Crippen molar-refractivity contribution in [1.82, 2.24) is 10.6 Å². The Labute approximate surface area is 147 Å². The highest BCUT2D eigenvalue weighted by molar-refractivity contribution is 7.80. The molecular weight excluding hydrogens is 334 g/mol. The summed E-state index contributed by atoms with van der Waals surface area (Å²) in [7, 11) is 0. The molecule has 0 aliphatic carbocycles. The number of ketones is 1. The number of hydrogen-bond donors (Lipinski definition) is 2. The minimum atomic E-state index is -0.896. The maximum Gasteiger partial charge on any atom is 0.294 e. The van der Waals surface area contributed by atoms with Crippen molar-refractivity contribution in [2.75, 3.05) is 13.2 Å². The summed E-state index contributed by atoms with van der Waals surface area (Å²) in [6.45, 7) is 10.6. The number of hydrogen-bond acceptors (Lipinski definition) is 6. The Morgan fingerprint density at radius 2 is 1.71 bits per heavy atom. The molecule has 1 atom stereocenters. The third kappa shape index (κ3) is 8.76. The standard InChI is InChI=1S/C15H27N3O5S/c1-14(2,3)11(19)9-10(17-13(20)15(4,5)6)12(24)16-7-8-23-18(21)22/h10H,7-9H2,1-6H3,(H,16,24)(H,17,20)/t10-/m1/s1. The zero-order valence-corrected chi connectivity index (χ0v) is 15.9. The first-order chi connectivity index (χ1) is 10.7. The number of carbonyl (C=O) groups excluding carboxylic acids is 2. The van der Waals surface area contributed by atoms with Gasteiger partial charge in [-0.15, -0.1) is 10.1 Å². The highest BCUT2D eigenvalue weighted by Gasteiger charge is 2.30. The molecule has 0 aromatic rings. The Balaban J connectivity index is 4.90. The van der Waals surface area contributed by atoms with Gasteiger partial charge in [-0.2, -0.15) is 0 Å². The van der Waals surface area contributed by atoms with Crippen molar-refractivity contribution >= 4 is 28.9 Å². The van der Waals surface area contributed by atoms with Crippen LogP contribution in [0.15, 0.2) is 0 Å². The van der Waals surface area contributed by atoms with Crippen LogP contribution in [0.5, 0.6) is 0 Å². The predicted octanol–water partition coefficient (Wildman–Crippen LogP) is 1.65. The van der Waals surface area contributed by atoms with Gasteiger partial charge < -0.3 is 15.5 Å². The van der Waals surface area contributed by atoms with Gasteiger partial charge in [0.2, 0.25) is 5.91 Å². The van der Waals surface area contributed by atoms with Gasteiger partial charge in [-0.25, -0.2) is 0 Å². The average molecular weight is 361 g/mol. The van der Waals surface area contributed by atoms with Gasteiger partial charge in [-0.05, 0) is 0 Å². The third-order valence-electron chi connectivity index (χ3n) is 3.13. The summed E-state index contributed by atoms with van der Waals surface area (Å²) in [5.41, 5.74) is -1.19. The summed E-state index contributed by atoms with van der Waals surface area (Å²) in [5.74, 6) is -0.285. The summed E-state index contributed by atoms with van der Waals surface area (Å²) >= 11 is 5.23. The van der Waals surface area contributed by atoms with E-state index >= 15 is 0 Å². The number of carbonyl (C=O) groups is 2. The monoisotopic (exact) mass is 361 g/mol. The Kier molecular flexibility index (Phi) is 8.25. The average Bonchev–Trinajstić information content (AvgIpc) is 2.39. The SMILES string of the molecule is CC(C)(C)C(=O)C[C@@H](NC(=O)C(C)(C)C)C(=S)NCCO[N+](=O)[O-]. The van der Waals surface area contributed by atoms with Gasteiger partial charge in [0.25, 0.3) is 5.09 Å². The minimum Gasteiger partial charge on any atom is -0.376 e. The van der Waals surface area contributed by atoms with Gasteiger partial charge in [-0.3, -0.25) is 9.59 Å². The van der Waals surface area contributed by atoms with Crippen LogP contribution in [0, 0.1) is 20.9 Å². The molecule has 24 heavy (non-hydrogen) atoms. The molecule has 0 heterocycles. The van der Waals surface area contributed by atoms with Crippen LogP contribution in [0.2, 0.25) is 0 Å². The minimum absolute atomic E-state index is 0.0487. The molecule has 0 fully saturated rings. The first kappa shape index (κ1) is 22.2. The van der Waals surface area contributed by atoms with E-state index in [1.54, 1.807) is 41.5 Å². The fraction of sp³-hybridized carbons (Fsp3) is 0.800. The molecule has 0 unspecified atom stereocenters. The first-order valence-corrected chi connectivity index (χ1v) is 8.05. The zero-order valence-electron chi connectivity index (χ0n) is 15.1. The van der Waals surface area contributed by atoms with E-state index in [2.05, 4.69) is 15.5 Å². The molecule has 8 nitrogen and oxygen atoms in total. The van der Waals surface area contributed by atoms with Crippen molar-refractivity contribution in [2.45, 2.75) is 54.0 Å². The van der Waals surface area contributed by atoms with Crippen molar-refractivity contribution in [3.8, 4) is 0 Å². The smallest absolute Gasteiger partial charge is 0.294 e. The second-order valence-electron chi connectivity index (χ2n) is 7.50. The highest BCUT2D eigenvalue weighted by atomic mass is 32.1. The Morgan fingerprint density at radius 1 is 1.17 bits per heavy atom. The summed E-state index contributed by atoms with van der Waals surface area (Å²) in [5, 5.41) is 14.8. The fourth-order valence-corrected chi connectivity index (χ4v) is 1.74. The van der Waals surface area contributed by atoms with Crippen LogP contribution < -0.4 is 10.6 Å². The largest absolute Gasteiger partial charge is 0.376 e. The lowest BCUT2D eigenvalue weighted by Gasteiger charge is -2.27. The number of thiocarbonyl (C=S) groups is 1. The molecule has 0 aromatic carbocycles. The summed E-state index contributed by atoms with van der Waals surface area (Å²) in [6, 6.07) is -0.672. The van der Waals surface area contributed by atoms with Crippen molar-refractivity contribution < 1.29 is 19.5 Å². The lowest BCUT2D eigenvalue weighted by atomic mass is 9.86. The van der Waals surface area contributed by atoms with E-state index in [0.717, 1.165) is 0 Å². The van der Waals surface area contributed by atoms with E-state index in [-0.39, 0.29) is 36.3 Å². The van der Waals surface area contributed by atoms with Gasteiger partial charge in [0.05, 0.1) is 11.0 Å². The molecule has 0 spiro atoms. The topological polar surface area (TPSA) is 111 Å². The maximum absolute atomic E-state index is 12.3. The van der Waals surface area contributed by atoms with Crippen LogP contribution in [-0.2, 0) is 14.4 Å². The number of Topliss-reactive ketones (excluding diaryl/α,β-unsaturated/α-hetero) is 1. The summed E-state index contributed by atoms with van der Waals surface area (Å²) in [4.78, 5) is 39.0. The number of rotatable bonds is 8. The third-order valence-corrected chi connectivity index (χ3v) is 3.56. The maximum atomic E-state index is 12.3. The number of amides is 1. The lowest BCUT2D eigenvalue weighted by molar-refractivity contribution is -0.757. The zero-order chi connectivity index (χ0) is 19.1. The molecule has 0 aliphatic heterocycles. The molecule has 0 aliphatic rings. The van der Waals surface area contributed by atoms with E-state index in [4.69, 9.17) is 12.2 Å². The van der Waals surface area contributed by atoms with Crippen LogP contribution in [0.25, 0.3) is 0 Å². The molecule has 0 rings (SSSR count).